The molecule has 0 saturated carbocycles. The van der Waals surface area contributed by atoms with Gasteiger partial charge in [0.1, 0.15) is 18.0 Å². The van der Waals surface area contributed by atoms with E-state index < -0.39 is 33.0 Å². The van der Waals surface area contributed by atoms with Gasteiger partial charge in [0.05, 0.1) is 29.0 Å². The molecule has 0 radical (unpaired) electrons. The predicted octanol–water partition coefficient (Wildman–Crippen LogP) is 3.29. The fourth-order valence-corrected chi connectivity index (χ4v) is 8.16. The monoisotopic (exact) mass is 673 g/mol. The van der Waals surface area contributed by atoms with Crippen molar-refractivity contribution < 1.29 is 32.7 Å². The Hall–Kier alpha value is -4.40. The van der Waals surface area contributed by atoms with Crippen molar-refractivity contribution >= 4 is 32.7 Å². The molecule has 13 heteroatoms. The molecule has 3 aromatic carbocycles. The minimum atomic E-state index is -3.88. The molecule has 2 unspecified atom stereocenters. The summed E-state index contributed by atoms with van der Waals surface area (Å²) < 4.78 is 40.8. The summed E-state index contributed by atoms with van der Waals surface area (Å²) in [5.41, 5.74) is 2.64. The van der Waals surface area contributed by atoms with Crippen molar-refractivity contribution in [3.05, 3.63) is 102 Å². The van der Waals surface area contributed by atoms with Crippen LogP contribution in [-0.4, -0.2) is 79.7 Å². The number of piperidine rings is 1. The molecule has 0 bridgehead atoms. The zero-order valence-electron chi connectivity index (χ0n) is 26.6. The van der Waals surface area contributed by atoms with Crippen molar-refractivity contribution in [2.24, 2.45) is 0 Å². The normalized spacial score (nSPS) is 21.8. The van der Waals surface area contributed by atoms with E-state index in [9.17, 15) is 23.2 Å². The number of nitrogens with one attached hydrogen (secondary N) is 3. The summed E-state index contributed by atoms with van der Waals surface area (Å²) in [7, 11) is -3.88. The van der Waals surface area contributed by atoms with Crippen LogP contribution in [0.1, 0.15) is 40.9 Å². The molecule has 2 saturated heterocycles. The molecular weight excluding hydrogens is 634 g/mol. The van der Waals surface area contributed by atoms with E-state index in [2.05, 4.69) is 15.6 Å². The Morgan fingerprint density at radius 1 is 1.06 bits per heavy atom. The first-order valence-electron chi connectivity index (χ1n) is 15.9. The lowest BCUT2D eigenvalue weighted by Gasteiger charge is -2.42. The third kappa shape index (κ3) is 7.05. The van der Waals surface area contributed by atoms with Crippen molar-refractivity contribution in [1.29, 1.82) is 0 Å². The number of aryl methyl sites for hydroxylation is 1. The first-order valence-corrected chi connectivity index (χ1v) is 17.3. The number of benzene rings is 3. The molecule has 1 aromatic heterocycles. The summed E-state index contributed by atoms with van der Waals surface area (Å²) in [4.78, 5) is 30.8. The fourth-order valence-electron chi connectivity index (χ4n) is 6.58. The number of para-hydroxylation sites is 1. The Morgan fingerprint density at radius 3 is 2.54 bits per heavy atom. The van der Waals surface area contributed by atoms with E-state index in [1.807, 2.05) is 37.3 Å². The molecule has 0 spiro atoms. The van der Waals surface area contributed by atoms with Crippen LogP contribution in [0.2, 0.25) is 0 Å². The number of carbonyl (C=O) groups excluding carboxylic acids is 2. The van der Waals surface area contributed by atoms with Crippen molar-refractivity contribution in [2.45, 2.75) is 42.2 Å². The van der Waals surface area contributed by atoms with Crippen molar-refractivity contribution in [3.8, 4) is 5.75 Å². The number of sulfonamides is 1. The molecule has 3 heterocycles. The second kappa shape index (κ2) is 14.0. The molecule has 48 heavy (non-hydrogen) atoms. The second-order valence-electron chi connectivity index (χ2n) is 12.4. The maximum atomic E-state index is 13.6. The summed E-state index contributed by atoms with van der Waals surface area (Å²) in [5.74, 6) is -0.688. The number of rotatable bonds is 10. The van der Waals surface area contributed by atoms with Crippen LogP contribution in [0.3, 0.4) is 0 Å². The number of amides is 2. The molecule has 252 valence electrons. The van der Waals surface area contributed by atoms with Gasteiger partial charge in [-0.25, -0.2) is 13.9 Å². The van der Waals surface area contributed by atoms with Gasteiger partial charge in [0.2, 0.25) is 15.9 Å². The average Bonchev–Trinajstić information content (AvgIpc) is 3.11. The number of ether oxygens (including phenoxy) is 2. The van der Waals surface area contributed by atoms with Crippen LogP contribution in [-0.2, 0) is 25.2 Å². The van der Waals surface area contributed by atoms with E-state index in [0.29, 0.717) is 37.3 Å². The number of hydrogen-bond donors (Lipinski definition) is 4. The van der Waals surface area contributed by atoms with Gasteiger partial charge in [0.15, 0.2) is 0 Å². The molecule has 4 N–H and O–H groups in total. The zero-order chi connectivity index (χ0) is 33.8. The molecule has 2 aliphatic rings. The first kappa shape index (κ1) is 33.5. The van der Waals surface area contributed by atoms with Gasteiger partial charge in [-0.05, 0) is 73.9 Å². The third-order valence-electron chi connectivity index (χ3n) is 8.92. The zero-order valence-corrected chi connectivity index (χ0v) is 27.5. The van der Waals surface area contributed by atoms with E-state index in [0.717, 1.165) is 28.7 Å². The molecule has 2 aliphatic heterocycles. The minimum absolute atomic E-state index is 0.123. The lowest BCUT2D eigenvalue weighted by atomic mass is 9.86. The largest absolute Gasteiger partial charge is 0.490 e. The summed E-state index contributed by atoms with van der Waals surface area (Å²) >= 11 is 0. The summed E-state index contributed by atoms with van der Waals surface area (Å²) in [6.07, 6.45) is 0.437. The van der Waals surface area contributed by atoms with E-state index in [4.69, 9.17) is 9.47 Å². The molecule has 4 aromatic rings. The van der Waals surface area contributed by atoms with Crippen LogP contribution in [0, 0.1) is 6.92 Å². The predicted molar refractivity (Wildman–Crippen MR) is 178 cm³/mol. The third-order valence-corrected chi connectivity index (χ3v) is 10.8. The number of aromatic nitrogens is 1. The number of hydrogen-bond acceptors (Lipinski definition) is 9. The highest BCUT2D eigenvalue weighted by Crippen LogP contribution is 2.34. The quantitative estimate of drug-likeness (QED) is 0.146. The topological polar surface area (TPSA) is 159 Å². The highest BCUT2D eigenvalue weighted by molar-refractivity contribution is 7.89. The van der Waals surface area contributed by atoms with Crippen LogP contribution in [0.15, 0.2) is 89.8 Å². The molecular formula is C35H39N5O7S. The van der Waals surface area contributed by atoms with E-state index in [-0.39, 0.29) is 31.0 Å². The number of hydroxylamine groups is 1. The maximum Gasteiger partial charge on any atom is 0.251 e. The SMILES string of the molecule is Cc1cc(C2(COc3ccc(C(=O)NC4(CC(=O)NO)CCCN(S(=O)(=O)c5ccccc5)C4)cc3)CNCCO2)c2ccccc2n1. The first-order chi connectivity index (χ1) is 23.1. The van der Waals surface area contributed by atoms with E-state index >= 15 is 0 Å². The smallest absolute Gasteiger partial charge is 0.251 e. The molecule has 0 aliphatic carbocycles. The Kier molecular flexibility index (Phi) is 9.76. The van der Waals surface area contributed by atoms with Crippen molar-refractivity contribution in [3.63, 3.8) is 0 Å². The van der Waals surface area contributed by atoms with Gasteiger partial charge in [-0.15, -0.1) is 0 Å². The highest BCUT2D eigenvalue weighted by Gasteiger charge is 2.43. The standard InChI is InChI=1S/C35H39N5O7S/c1-25-20-30(29-10-5-6-11-31(29)37-25)35(22-36-17-19-47-35)24-46-27-14-12-26(13-15-27)33(42)38-34(21-32(41)39-43)16-7-18-40(23-34)48(44,45)28-8-3-2-4-9-28/h2-6,8-15,20,36,43H,7,16-19,21-24H2,1H3,(H,38,42)(H,39,41). The molecule has 12 nitrogen and oxygen atoms in total. The number of morpholine rings is 1. The van der Waals surface area contributed by atoms with Gasteiger partial charge in [-0.1, -0.05) is 36.4 Å². The minimum Gasteiger partial charge on any atom is -0.490 e. The lowest BCUT2D eigenvalue weighted by molar-refractivity contribution is -0.131. The van der Waals surface area contributed by atoms with Gasteiger partial charge in [-0.2, -0.15) is 4.31 Å². The van der Waals surface area contributed by atoms with E-state index in [1.54, 1.807) is 47.9 Å². The average molecular weight is 674 g/mol. The maximum absolute atomic E-state index is 13.6. The van der Waals surface area contributed by atoms with Crippen LogP contribution in [0.25, 0.3) is 10.9 Å². The van der Waals surface area contributed by atoms with Crippen molar-refractivity contribution in [2.75, 3.05) is 39.4 Å². The van der Waals surface area contributed by atoms with Crippen LogP contribution in [0.4, 0.5) is 0 Å². The molecule has 2 amide bonds. The molecule has 6 rings (SSSR count). The summed E-state index contributed by atoms with van der Waals surface area (Å²) in [6, 6.07) is 24.6. The highest BCUT2D eigenvalue weighted by atomic mass is 32.2. The van der Waals surface area contributed by atoms with Crippen molar-refractivity contribution in [1.82, 2.24) is 25.4 Å². The van der Waals surface area contributed by atoms with Crippen LogP contribution in [0.5, 0.6) is 5.75 Å². The van der Waals surface area contributed by atoms with Gasteiger partial charge >= 0.3 is 0 Å². The number of nitrogens with zero attached hydrogens (tertiary/aromatic N) is 2. The second-order valence-corrected chi connectivity index (χ2v) is 14.3. The number of carbonyl (C=O) groups is 2. The Balaban J connectivity index is 1.19. The van der Waals surface area contributed by atoms with Gasteiger partial charge in [0.25, 0.3) is 5.91 Å². The summed E-state index contributed by atoms with van der Waals surface area (Å²) in [5, 5.41) is 16.6. The van der Waals surface area contributed by atoms with Crippen LogP contribution >= 0.6 is 0 Å². The Bertz CT molecular complexity index is 1880. The molecule has 2 fully saturated rings. The molecule has 2 atom stereocenters. The fraction of sp³-hybridized carbons (Fsp3) is 0.343. The van der Waals surface area contributed by atoms with Gasteiger partial charge in [-0.3, -0.25) is 19.8 Å². The Labute approximate surface area is 279 Å². The van der Waals surface area contributed by atoms with Gasteiger partial charge in [0, 0.05) is 42.8 Å². The lowest BCUT2D eigenvalue weighted by Crippen LogP contribution is -2.61. The number of pyridine rings is 1. The summed E-state index contributed by atoms with van der Waals surface area (Å²) in [6.45, 7) is 4.05. The van der Waals surface area contributed by atoms with Crippen LogP contribution < -0.4 is 20.9 Å². The number of fused-ring (bicyclic) bond motifs is 1. The Morgan fingerprint density at radius 2 is 1.81 bits per heavy atom. The van der Waals surface area contributed by atoms with Gasteiger partial charge < -0.3 is 20.1 Å². The van der Waals surface area contributed by atoms with E-state index in [1.165, 1.54) is 16.4 Å².